The first-order valence-corrected chi connectivity index (χ1v) is 4.52. The predicted molar refractivity (Wildman–Crippen MR) is 55.3 cm³/mol. The Morgan fingerprint density at radius 3 is 2.82 bits per heavy atom. The first kappa shape index (κ1) is 13.1. The molecule has 0 bridgehead atoms. The summed E-state index contributed by atoms with van der Waals surface area (Å²) in [4.78, 5) is 24.3. The third-order valence-electron chi connectivity index (χ3n) is 1.61. The van der Waals surface area contributed by atoms with Crippen molar-refractivity contribution in [3.63, 3.8) is 0 Å². The summed E-state index contributed by atoms with van der Waals surface area (Å²) in [6.07, 6.45) is 0. The van der Waals surface area contributed by atoms with Crippen molar-refractivity contribution in [1.29, 1.82) is 0 Å². The number of carboxylic acids is 1. The monoisotopic (exact) mass is 264 g/mol. The molecule has 17 heavy (non-hydrogen) atoms. The van der Waals surface area contributed by atoms with Gasteiger partial charge in [0.2, 0.25) is 0 Å². The molecule has 1 aromatic rings. The Labute approximate surface area is 98.9 Å². The van der Waals surface area contributed by atoms with Crippen LogP contribution in [-0.4, -0.2) is 22.6 Å². The summed E-state index contributed by atoms with van der Waals surface area (Å²) in [5.74, 6) is -2.23. The van der Waals surface area contributed by atoms with Gasteiger partial charge in [0.25, 0.3) is 5.69 Å². The van der Waals surface area contributed by atoms with E-state index in [1.165, 1.54) is 0 Å². The first-order chi connectivity index (χ1) is 7.91. The quantitative estimate of drug-likeness (QED) is 0.621. The van der Waals surface area contributed by atoms with Crippen LogP contribution in [0.5, 0.6) is 0 Å². The van der Waals surface area contributed by atoms with E-state index in [2.05, 4.69) is 4.84 Å². The smallest absolute Gasteiger partial charge is 0.332 e. The van der Waals surface area contributed by atoms with E-state index in [9.17, 15) is 19.3 Å². The molecule has 1 rings (SSSR count). The number of benzene rings is 1. The van der Waals surface area contributed by atoms with Gasteiger partial charge in [-0.3, -0.25) is 20.4 Å². The zero-order valence-corrected chi connectivity index (χ0v) is 8.90. The molecular weight excluding hydrogens is 259 g/mol. The fourth-order valence-corrected chi connectivity index (χ4v) is 1.11. The van der Waals surface area contributed by atoms with E-state index in [-0.39, 0.29) is 10.7 Å². The summed E-state index contributed by atoms with van der Waals surface area (Å²) in [7, 11) is 0. The van der Waals surface area contributed by atoms with Gasteiger partial charge in [0, 0.05) is 0 Å². The van der Waals surface area contributed by atoms with Crippen LogP contribution in [0, 0.1) is 15.9 Å². The highest BCUT2D eigenvalue weighted by Gasteiger charge is 2.18. The number of hydrogen-bond donors (Lipinski definition) is 2. The maximum Gasteiger partial charge on any atom is 0.332 e. The molecule has 7 nitrogen and oxygen atoms in total. The summed E-state index contributed by atoms with van der Waals surface area (Å²) >= 11 is 5.42. The van der Waals surface area contributed by atoms with Gasteiger partial charge in [0.05, 0.1) is 16.0 Å². The van der Waals surface area contributed by atoms with E-state index in [0.717, 1.165) is 6.07 Å². The highest BCUT2D eigenvalue weighted by molar-refractivity contribution is 6.31. The highest BCUT2D eigenvalue weighted by atomic mass is 35.5. The molecule has 0 fully saturated rings. The first-order valence-electron chi connectivity index (χ1n) is 4.15. The van der Waals surface area contributed by atoms with E-state index in [1.54, 1.807) is 0 Å². The second-order valence-corrected chi connectivity index (χ2v) is 3.23. The number of hydrogen-bond acceptors (Lipinski definition) is 5. The minimum absolute atomic E-state index is 0.234. The van der Waals surface area contributed by atoms with Crippen molar-refractivity contribution in [3.05, 3.63) is 33.1 Å². The molecule has 0 spiro atoms. The molecule has 2 N–H and O–H groups in total. The molecule has 0 atom stereocenters. The molecule has 0 aliphatic carbocycles. The standard InChI is InChI=1S/C8H6ClFN2O5/c9-4-1-6(11-17-3-8(13)14)7(12(15)16)2-5(4)10/h1-2,11H,3H2,(H,13,14). The van der Waals surface area contributed by atoms with E-state index < -0.39 is 29.0 Å². The number of halogens is 2. The maximum atomic E-state index is 13.0. The minimum atomic E-state index is -1.27. The lowest BCUT2D eigenvalue weighted by molar-refractivity contribution is -0.384. The van der Waals surface area contributed by atoms with Crippen LogP contribution in [0.25, 0.3) is 0 Å². The van der Waals surface area contributed by atoms with Crippen LogP contribution in [0.1, 0.15) is 0 Å². The topological polar surface area (TPSA) is 102 Å². The van der Waals surface area contributed by atoms with Gasteiger partial charge in [-0.25, -0.2) is 9.18 Å². The van der Waals surface area contributed by atoms with Crippen LogP contribution in [0.3, 0.4) is 0 Å². The maximum absolute atomic E-state index is 13.0. The third kappa shape index (κ3) is 3.54. The molecule has 0 radical (unpaired) electrons. The lowest BCUT2D eigenvalue weighted by atomic mass is 10.2. The Bertz CT molecular complexity index is 467. The molecule has 92 valence electrons. The molecular formula is C8H6ClFN2O5. The number of nitro benzene ring substituents is 1. The largest absolute Gasteiger partial charge is 0.479 e. The van der Waals surface area contributed by atoms with Crippen LogP contribution < -0.4 is 5.48 Å². The van der Waals surface area contributed by atoms with Crippen molar-refractivity contribution in [3.8, 4) is 0 Å². The number of nitro groups is 1. The molecule has 0 aliphatic rings. The van der Waals surface area contributed by atoms with Gasteiger partial charge < -0.3 is 5.11 Å². The van der Waals surface area contributed by atoms with E-state index in [0.29, 0.717) is 6.07 Å². The predicted octanol–water partition coefficient (Wildman–Crippen LogP) is 1.82. The van der Waals surface area contributed by atoms with E-state index in [4.69, 9.17) is 16.7 Å². The zero-order valence-electron chi connectivity index (χ0n) is 8.15. The Morgan fingerprint density at radius 1 is 1.65 bits per heavy atom. The van der Waals surface area contributed by atoms with E-state index >= 15 is 0 Å². The summed E-state index contributed by atoms with van der Waals surface area (Å²) in [6.45, 7) is -0.716. The normalized spacial score (nSPS) is 10.0. The number of carboxylic acid groups (broad SMARTS) is 1. The number of carbonyl (C=O) groups is 1. The Kier molecular flexibility index (Phi) is 4.18. The average Bonchev–Trinajstić information content (AvgIpc) is 2.22. The van der Waals surface area contributed by atoms with Gasteiger partial charge in [0.1, 0.15) is 11.5 Å². The Hall–Kier alpha value is -1.93. The van der Waals surface area contributed by atoms with Crippen molar-refractivity contribution < 1.29 is 24.1 Å². The van der Waals surface area contributed by atoms with Gasteiger partial charge in [-0.05, 0) is 6.07 Å². The fourth-order valence-electron chi connectivity index (χ4n) is 0.945. The van der Waals surface area contributed by atoms with Gasteiger partial charge in [-0.2, -0.15) is 0 Å². The third-order valence-corrected chi connectivity index (χ3v) is 1.90. The number of anilines is 1. The SMILES string of the molecule is O=C(O)CONc1cc(Cl)c(F)cc1[N+](=O)[O-]. The molecule has 0 saturated carbocycles. The number of nitrogens with one attached hydrogen (secondary N) is 1. The molecule has 1 aromatic carbocycles. The number of aliphatic carboxylic acids is 1. The van der Waals surface area contributed by atoms with Crippen molar-refractivity contribution in [2.75, 3.05) is 12.1 Å². The van der Waals surface area contributed by atoms with Crippen molar-refractivity contribution >= 4 is 28.9 Å². The summed E-state index contributed by atoms with van der Waals surface area (Å²) in [5, 5.41) is 18.5. The molecule has 0 aromatic heterocycles. The van der Waals surface area contributed by atoms with Crippen LogP contribution in [0.4, 0.5) is 15.8 Å². The zero-order chi connectivity index (χ0) is 13.0. The molecule has 0 saturated heterocycles. The van der Waals surface area contributed by atoms with E-state index in [1.807, 2.05) is 5.48 Å². The van der Waals surface area contributed by atoms with Gasteiger partial charge >= 0.3 is 5.97 Å². The summed E-state index contributed by atoms with van der Waals surface area (Å²) < 4.78 is 13.0. The van der Waals surface area contributed by atoms with Gasteiger partial charge in [0.15, 0.2) is 6.61 Å². The second-order valence-electron chi connectivity index (χ2n) is 2.83. The molecule has 0 heterocycles. The fraction of sp³-hybridized carbons (Fsp3) is 0.125. The lowest BCUT2D eigenvalue weighted by Crippen LogP contribution is -2.12. The number of rotatable bonds is 5. The van der Waals surface area contributed by atoms with Crippen LogP contribution >= 0.6 is 11.6 Å². The number of nitrogens with zero attached hydrogens (tertiary/aromatic N) is 1. The molecule has 9 heteroatoms. The van der Waals surface area contributed by atoms with Crippen LogP contribution in [0.15, 0.2) is 12.1 Å². The second kappa shape index (κ2) is 5.41. The molecule has 0 amide bonds. The van der Waals surface area contributed by atoms with Gasteiger partial charge in [-0.15, -0.1) is 0 Å². The average molecular weight is 265 g/mol. The Morgan fingerprint density at radius 2 is 2.29 bits per heavy atom. The van der Waals surface area contributed by atoms with Crippen LogP contribution in [-0.2, 0) is 9.63 Å². The summed E-state index contributed by atoms with van der Waals surface area (Å²) in [5.41, 5.74) is 1.17. The van der Waals surface area contributed by atoms with Crippen molar-refractivity contribution in [2.45, 2.75) is 0 Å². The Balaban J connectivity index is 2.92. The minimum Gasteiger partial charge on any atom is -0.479 e. The highest BCUT2D eigenvalue weighted by Crippen LogP contribution is 2.30. The summed E-state index contributed by atoms with van der Waals surface area (Å²) in [6, 6.07) is 1.53. The van der Waals surface area contributed by atoms with Crippen molar-refractivity contribution in [2.24, 2.45) is 0 Å². The molecule has 0 unspecified atom stereocenters. The van der Waals surface area contributed by atoms with Crippen LogP contribution in [0.2, 0.25) is 5.02 Å². The van der Waals surface area contributed by atoms with Crippen molar-refractivity contribution in [1.82, 2.24) is 0 Å². The lowest BCUT2D eigenvalue weighted by Gasteiger charge is -2.06. The van der Waals surface area contributed by atoms with Gasteiger partial charge in [-0.1, -0.05) is 11.6 Å². The molecule has 0 aliphatic heterocycles.